The van der Waals surface area contributed by atoms with Gasteiger partial charge in [0.05, 0.1) is 12.9 Å². The average molecular weight is 536 g/mol. The molecule has 4 aliphatic heterocycles. The maximum atomic E-state index is 13.3. The fourth-order valence-electron chi connectivity index (χ4n) is 5.25. The molecule has 13 nitrogen and oxygen atoms in total. The minimum Gasteiger partial charge on any atom is -0.491 e. The summed E-state index contributed by atoms with van der Waals surface area (Å²) in [5.41, 5.74) is 2.43. The lowest BCUT2D eigenvalue weighted by Crippen LogP contribution is -2.49. The summed E-state index contributed by atoms with van der Waals surface area (Å²) in [6.07, 6.45) is 2.58. The molecule has 1 aromatic heterocycles. The molecule has 6 rings (SSSR count). The number of hydrogen-bond donors (Lipinski definition) is 1. The number of fused-ring (bicyclic) bond motifs is 3. The number of aliphatic imine (C=N–C) groups is 2. The van der Waals surface area contributed by atoms with Crippen LogP contribution in [0.5, 0.6) is 5.75 Å². The first kappa shape index (κ1) is 25.2. The smallest absolute Gasteiger partial charge is 0.341 e. The van der Waals surface area contributed by atoms with Gasteiger partial charge in [-0.15, -0.1) is 0 Å². The molecule has 206 valence electrons. The van der Waals surface area contributed by atoms with Crippen molar-refractivity contribution in [2.45, 2.75) is 6.29 Å². The normalized spacial score (nSPS) is 21.2. The number of rotatable bonds is 9. The molecule has 1 atom stereocenters. The summed E-state index contributed by atoms with van der Waals surface area (Å²) in [4.78, 5) is 29.1. The lowest BCUT2D eigenvalue weighted by molar-refractivity contribution is 0.0841. The summed E-state index contributed by atoms with van der Waals surface area (Å²) in [7, 11) is 3.41. The van der Waals surface area contributed by atoms with E-state index in [0.29, 0.717) is 42.7 Å². The van der Waals surface area contributed by atoms with Crippen molar-refractivity contribution in [1.82, 2.24) is 24.8 Å². The van der Waals surface area contributed by atoms with Gasteiger partial charge in [0.1, 0.15) is 30.1 Å². The van der Waals surface area contributed by atoms with E-state index >= 15 is 0 Å². The second-order valence-electron chi connectivity index (χ2n) is 9.63. The molecule has 13 heteroatoms. The third kappa shape index (κ3) is 4.68. The molecule has 2 amide bonds. The van der Waals surface area contributed by atoms with E-state index in [9.17, 15) is 4.79 Å². The van der Waals surface area contributed by atoms with E-state index < -0.39 is 6.29 Å². The number of nitrogens with zero attached hydrogens (tertiary/aromatic N) is 8. The Hall–Kier alpha value is -4.07. The van der Waals surface area contributed by atoms with E-state index in [-0.39, 0.29) is 6.03 Å². The zero-order valence-corrected chi connectivity index (χ0v) is 22.1. The van der Waals surface area contributed by atoms with Crippen LogP contribution in [0, 0.1) is 0 Å². The number of nitrogens with two attached hydrogens (primary N) is 1. The Balaban J connectivity index is 1.07. The maximum absolute atomic E-state index is 13.3. The van der Waals surface area contributed by atoms with E-state index in [1.807, 2.05) is 23.2 Å². The Morgan fingerprint density at radius 2 is 1.87 bits per heavy atom. The zero-order chi connectivity index (χ0) is 26.9. The van der Waals surface area contributed by atoms with Crippen LogP contribution in [0.15, 0.2) is 62.8 Å². The Morgan fingerprint density at radius 1 is 1.08 bits per heavy atom. The number of ether oxygens (including phenoxy) is 2. The minimum atomic E-state index is -0.517. The molecule has 2 saturated heterocycles. The van der Waals surface area contributed by atoms with Gasteiger partial charge in [0.15, 0.2) is 11.6 Å². The molecule has 0 radical (unpaired) electrons. The molecule has 2 fully saturated rings. The highest BCUT2D eigenvalue weighted by Gasteiger charge is 2.51. The summed E-state index contributed by atoms with van der Waals surface area (Å²) in [6.45, 7) is 6.04. The zero-order valence-electron chi connectivity index (χ0n) is 22.1. The summed E-state index contributed by atoms with van der Waals surface area (Å²) in [5.74, 6) is 8.15. The summed E-state index contributed by atoms with van der Waals surface area (Å²) in [5, 5.41) is 4.80. The van der Waals surface area contributed by atoms with Gasteiger partial charge in [-0.25, -0.2) is 35.6 Å². The van der Waals surface area contributed by atoms with Crippen molar-refractivity contribution >= 4 is 29.6 Å². The molecule has 5 heterocycles. The van der Waals surface area contributed by atoms with Gasteiger partial charge in [0.2, 0.25) is 6.29 Å². The first-order valence-electron chi connectivity index (χ1n) is 13.0. The van der Waals surface area contributed by atoms with E-state index in [1.165, 1.54) is 17.0 Å². The lowest BCUT2D eigenvalue weighted by Gasteiger charge is -2.36. The number of methoxy groups -OCH3 is 1. The van der Waals surface area contributed by atoms with Crippen molar-refractivity contribution in [1.29, 1.82) is 0 Å². The first-order valence-corrected chi connectivity index (χ1v) is 13.0. The molecule has 0 spiro atoms. The van der Waals surface area contributed by atoms with Crippen LogP contribution < -0.4 is 15.5 Å². The SMILES string of the molecule is COCCOc1ccc(N2CCN(CCN3C(=O)N(C)N4C5=C(c6ccco6)N=CN(N)C5=NC34)CC2)cc1. The van der Waals surface area contributed by atoms with Crippen LogP contribution in [-0.2, 0) is 4.74 Å². The van der Waals surface area contributed by atoms with Crippen LogP contribution in [0.3, 0.4) is 0 Å². The van der Waals surface area contributed by atoms with Crippen LogP contribution in [0.2, 0.25) is 0 Å². The second-order valence-corrected chi connectivity index (χ2v) is 9.63. The van der Waals surface area contributed by atoms with Crippen LogP contribution in [0.1, 0.15) is 5.76 Å². The Labute approximate surface area is 226 Å². The number of hydrazine groups is 2. The topological polar surface area (TPSA) is 119 Å². The van der Waals surface area contributed by atoms with Crippen LogP contribution >= 0.6 is 0 Å². The first-order chi connectivity index (χ1) is 19.0. The molecular weight excluding hydrogens is 502 g/mol. The van der Waals surface area contributed by atoms with Crippen molar-refractivity contribution in [2.75, 3.05) is 71.5 Å². The second kappa shape index (κ2) is 10.6. The number of furan rings is 1. The van der Waals surface area contributed by atoms with E-state index in [0.717, 1.165) is 38.5 Å². The molecule has 39 heavy (non-hydrogen) atoms. The standard InChI is InChI=1S/C26H33N9O4/c1-30-26(36)33(25-29-24-23(35(25)30)22(28-18-34(24)27)21-4-3-15-39-21)14-11-31-9-12-32(13-10-31)19-5-7-20(8-6-19)38-17-16-37-2/h3-8,15,18,25H,9-14,16-17,27H2,1-2H3. The fourth-order valence-corrected chi connectivity index (χ4v) is 5.25. The molecule has 0 bridgehead atoms. The monoisotopic (exact) mass is 535 g/mol. The predicted molar refractivity (Wildman–Crippen MR) is 146 cm³/mol. The van der Waals surface area contributed by atoms with E-state index in [1.54, 1.807) is 36.4 Å². The highest BCUT2D eigenvalue weighted by atomic mass is 16.5. The van der Waals surface area contributed by atoms with Crippen molar-refractivity contribution in [2.24, 2.45) is 15.8 Å². The Morgan fingerprint density at radius 3 is 2.59 bits per heavy atom. The number of anilines is 1. The third-order valence-corrected chi connectivity index (χ3v) is 7.34. The van der Waals surface area contributed by atoms with Gasteiger partial charge >= 0.3 is 6.03 Å². The highest BCUT2D eigenvalue weighted by molar-refractivity contribution is 6.12. The largest absolute Gasteiger partial charge is 0.491 e. The number of amides is 2. The molecule has 1 unspecified atom stereocenters. The van der Waals surface area contributed by atoms with Gasteiger partial charge in [-0.05, 0) is 36.4 Å². The molecule has 2 N–H and O–H groups in total. The van der Waals surface area contributed by atoms with Gasteiger partial charge in [-0.1, -0.05) is 0 Å². The lowest BCUT2D eigenvalue weighted by atomic mass is 10.2. The van der Waals surface area contributed by atoms with Crippen LogP contribution in [0.4, 0.5) is 10.5 Å². The van der Waals surface area contributed by atoms with Crippen molar-refractivity contribution in [3.05, 3.63) is 54.1 Å². The number of amidine groups is 1. The molecule has 1 aromatic carbocycles. The summed E-state index contributed by atoms with van der Waals surface area (Å²) in [6, 6.07) is 11.7. The molecule has 0 aliphatic carbocycles. The van der Waals surface area contributed by atoms with Crippen molar-refractivity contribution in [3.63, 3.8) is 0 Å². The van der Waals surface area contributed by atoms with Gasteiger partial charge in [0, 0.05) is 59.1 Å². The Kier molecular flexibility index (Phi) is 6.85. The highest BCUT2D eigenvalue weighted by Crippen LogP contribution is 2.38. The predicted octanol–water partition coefficient (Wildman–Crippen LogP) is 1.29. The van der Waals surface area contributed by atoms with Gasteiger partial charge in [-0.2, -0.15) is 0 Å². The minimum absolute atomic E-state index is 0.112. The Bertz CT molecular complexity index is 1270. The summed E-state index contributed by atoms with van der Waals surface area (Å²) >= 11 is 0. The molecule has 4 aliphatic rings. The van der Waals surface area contributed by atoms with Crippen LogP contribution in [0.25, 0.3) is 5.70 Å². The number of urea groups is 1. The number of carbonyl (C=O) groups excluding carboxylic acids is 1. The molecule has 0 saturated carbocycles. The number of piperazine rings is 1. The van der Waals surface area contributed by atoms with E-state index in [4.69, 9.17) is 24.7 Å². The average Bonchev–Trinajstić information content (AvgIpc) is 3.68. The fraction of sp³-hybridized carbons (Fsp3) is 0.423. The number of hydrogen-bond acceptors (Lipinski definition) is 11. The quantitative estimate of drug-likeness (QED) is 0.374. The number of benzene rings is 1. The van der Waals surface area contributed by atoms with Crippen molar-refractivity contribution in [3.8, 4) is 5.75 Å². The van der Waals surface area contributed by atoms with Crippen molar-refractivity contribution < 1.29 is 18.7 Å². The van der Waals surface area contributed by atoms with Crippen LogP contribution in [-0.4, -0.2) is 116 Å². The number of carbonyl (C=O) groups is 1. The molecular formula is C26H33N9O4. The van der Waals surface area contributed by atoms with Gasteiger partial charge in [-0.3, -0.25) is 9.80 Å². The maximum Gasteiger partial charge on any atom is 0.341 e. The molecule has 2 aromatic rings. The third-order valence-electron chi connectivity index (χ3n) is 7.34. The van der Waals surface area contributed by atoms with Gasteiger partial charge < -0.3 is 18.8 Å². The summed E-state index contributed by atoms with van der Waals surface area (Å²) < 4.78 is 16.3. The van der Waals surface area contributed by atoms with Gasteiger partial charge in [0.25, 0.3) is 0 Å². The van der Waals surface area contributed by atoms with E-state index in [2.05, 4.69) is 26.9 Å².